The zero-order valence-corrected chi connectivity index (χ0v) is 9.65. The lowest BCUT2D eigenvalue weighted by Gasteiger charge is -2.34. The van der Waals surface area contributed by atoms with Crippen LogP contribution in [0.4, 0.5) is 16.2 Å². The van der Waals surface area contributed by atoms with Gasteiger partial charge in [0.2, 0.25) is 0 Å². The maximum atomic E-state index is 10.9. The van der Waals surface area contributed by atoms with Gasteiger partial charge in [-0.1, -0.05) is 12.1 Å². The van der Waals surface area contributed by atoms with Gasteiger partial charge in [0.05, 0.1) is 4.92 Å². The van der Waals surface area contributed by atoms with Gasteiger partial charge in [0, 0.05) is 32.2 Å². The minimum atomic E-state index is -0.947. The largest absolute Gasteiger partial charge is 0.465 e. The van der Waals surface area contributed by atoms with Crippen LogP contribution in [0, 0.1) is 10.1 Å². The number of para-hydroxylation sites is 2. The molecule has 1 aromatic carbocycles. The quantitative estimate of drug-likeness (QED) is 0.634. The van der Waals surface area contributed by atoms with Crippen molar-refractivity contribution < 1.29 is 14.8 Å². The molecule has 7 nitrogen and oxygen atoms in total. The van der Waals surface area contributed by atoms with Gasteiger partial charge >= 0.3 is 6.09 Å². The van der Waals surface area contributed by atoms with Gasteiger partial charge in [0.1, 0.15) is 5.69 Å². The number of benzene rings is 1. The first kappa shape index (κ1) is 12.2. The average Bonchev–Trinajstić information content (AvgIpc) is 2.39. The molecule has 0 aromatic heterocycles. The van der Waals surface area contributed by atoms with Crippen LogP contribution in [0.15, 0.2) is 24.3 Å². The summed E-state index contributed by atoms with van der Waals surface area (Å²) in [5, 5.41) is 19.7. The molecule has 96 valence electrons. The van der Waals surface area contributed by atoms with Gasteiger partial charge in [-0.25, -0.2) is 4.79 Å². The van der Waals surface area contributed by atoms with Crippen molar-refractivity contribution in [1.29, 1.82) is 0 Å². The van der Waals surface area contributed by atoms with Crippen molar-refractivity contribution in [2.45, 2.75) is 0 Å². The minimum Gasteiger partial charge on any atom is -0.465 e. The summed E-state index contributed by atoms with van der Waals surface area (Å²) in [5.41, 5.74) is 0.605. The number of nitrogens with zero attached hydrogens (tertiary/aromatic N) is 3. The van der Waals surface area contributed by atoms with Crippen LogP contribution in [-0.4, -0.2) is 47.2 Å². The van der Waals surface area contributed by atoms with E-state index >= 15 is 0 Å². The standard InChI is InChI=1S/C11H13N3O4/c15-11(16)13-7-5-12(6-8-13)9-3-1-2-4-10(9)14(17)18/h1-4H,5-8H2,(H,15,16). The van der Waals surface area contributed by atoms with E-state index in [1.807, 2.05) is 4.90 Å². The van der Waals surface area contributed by atoms with Crippen molar-refractivity contribution in [1.82, 2.24) is 4.90 Å². The molecule has 2 rings (SSSR count). The molecule has 0 aliphatic carbocycles. The van der Waals surface area contributed by atoms with Crippen LogP contribution in [-0.2, 0) is 0 Å². The summed E-state index contributed by atoms with van der Waals surface area (Å²) in [6.07, 6.45) is -0.947. The van der Waals surface area contributed by atoms with Gasteiger partial charge in [-0.15, -0.1) is 0 Å². The Labute approximate surface area is 103 Å². The summed E-state index contributed by atoms with van der Waals surface area (Å²) >= 11 is 0. The number of nitro benzene ring substituents is 1. The lowest BCUT2D eigenvalue weighted by molar-refractivity contribution is -0.384. The SMILES string of the molecule is O=C(O)N1CCN(c2ccccc2[N+](=O)[O-])CC1. The smallest absolute Gasteiger partial charge is 0.407 e. The van der Waals surface area contributed by atoms with Crippen molar-refractivity contribution >= 4 is 17.5 Å². The van der Waals surface area contributed by atoms with E-state index in [0.29, 0.717) is 31.9 Å². The highest BCUT2D eigenvalue weighted by Crippen LogP contribution is 2.28. The van der Waals surface area contributed by atoms with E-state index in [1.165, 1.54) is 11.0 Å². The predicted molar refractivity (Wildman–Crippen MR) is 64.9 cm³/mol. The summed E-state index contributed by atoms with van der Waals surface area (Å²) in [7, 11) is 0. The number of amides is 1. The molecule has 1 aromatic rings. The van der Waals surface area contributed by atoms with E-state index in [9.17, 15) is 14.9 Å². The molecule has 0 unspecified atom stereocenters. The predicted octanol–water partition coefficient (Wildman–Crippen LogP) is 1.39. The van der Waals surface area contributed by atoms with Crippen LogP contribution in [0.25, 0.3) is 0 Å². The van der Waals surface area contributed by atoms with E-state index < -0.39 is 11.0 Å². The Hall–Kier alpha value is -2.31. The third-order valence-corrected chi connectivity index (χ3v) is 2.97. The molecule has 0 saturated carbocycles. The fourth-order valence-corrected chi connectivity index (χ4v) is 2.02. The second-order valence-electron chi connectivity index (χ2n) is 4.00. The Morgan fingerprint density at radius 2 is 1.83 bits per heavy atom. The number of anilines is 1. The highest BCUT2D eigenvalue weighted by molar-refractivity contribution is 5.67. The highest BCUT2D eigenvalue weighted by atomic mass is 16.6. The number of carboxylic acid groups (broad SMARTS) is 1. The molecule has 1 fully saturated rings. The molecule has 1 saturated heterocycles. The van der Waals surface area contributed by atoms with E-state index in [0.717, 1.165) is 0 Å². The van der Waals surface area contributed by atoms with Gasteiger partial charge in [-0.2, -0.15) is 0 Å². The van der Waals surface area contributed by atoms with Gasteiger partial charge in [0.25, 0.3) is 5.69 Å². The average molecular weight is 251 g/mol. The van der Waals surface area contributed by atoms with Crippen LogP contribution in [0.5, 0.6) is 0 Å². The molecule has 1 amide bonds. The zero-order valence-electron chi connectivity index (χ0n) is 9.65. The molecule has 0 radical (unpaired) electrons. The van der Waals surface area contributed by atoms with Crippen LogP contribution in [0.2, 0.25) is 0 Å². The maximum Gasteiger partial charge on any atom is 0.407 e. The number of nitro groups is 1. The second kappa shape index (κ2) is 4.91. The third-order valence-electron chi connectivity index (χ3n) is 2.97. The van der Waals surface area contributed by atoms with Crippen molar-refractivity contribution in [3.63, 3.8) is 0 Å². The van der Waals surface area contributed by atoms with Crippen molar-refractivity contribution in [3.8, 4) is 0 Å². The second-order valence-corrected chi connectivity index (χ2v) is 4.00. The van der Waals surface area contributed by atoms with Crippen LogP contribution in [0.3, 0.4) is 0 Å². The number of rotatable bonds is 2. The third kappa shape index (κ3) is 2.34. The molecule has 1 heterocycles. The number of hydrogen-bond acceptors (Lipinski definition) is 4. The molecule has 0 atom stereocenters. The van der Waals surface area contributed by atoms with Crippen LogP contribution < -0.4 is 4.90 Å². The van der Waals surface area contributed by atoms with Crippen molar-refractivity contribution in [2.75, 3.05) is 31.1 Å². The first-order chi connectivity index (χ1) is 8.59. The summed E-state index contributed by atoms with van der Waals surface area (Å²) in [4.78, 5) is 24.4. The lowest BCUT2D eigenvalue weighted by Crippen LogP contribution is -2.48. The Bertz CT molecular complexity index is 469. The molecule has 1 aliphatic rings. The summed E-state index contributed by atoms with van der Waals surface area (Å²) in [6, 6.07) is 6.51. The normalized spacial score (nSPS) is 15.6. The molecule has 1 aliphatic heterocycles. The van der Waals surface area contributed by atoms with Gasteiger partial charge in [-0.3, -0.25) is 10.1 Å². The minimum absolute atomic E-state index is 0.0567. The summed E-state index contributed by atoms with van der Waals surface area (Å²) < 4.78 is 0. The van der Waals surface area contributed by atoms with Gasteiger partial charge in [0.15, 0.2) is 0 Å². The molecule has 0 bridgehead atoms. The molecule has 18 heavy (non-hydrogen) atoms. The number of hydrogen-bond donors (Lipinski definition) is 1. The molecular formula is C11H13N3O4. The first-order valence-electron chi connectivity index (χ1n) is 5.56. The Morgan fingerprint density at radius 1 is 1.22 bits per heavy atom. The topological polar surface area (TPSA) is 86.9 Å². The lowest BCUT2D eigenvalue weighted by atomic mass is 10.2. The first-order valence-corrected chi connectivity index (χ1v) is 5.56. The maximum absolute atomic E-state index is 10.9. The summed E-state index contributed by atoms with van der Waals surface area (Å²) in [6.45, 7) is 1.66. The number of piperazine rings is 1. The summed E-state index contributed by atoms with van der Waals surface area (Å²) in [5.74, 6) is 0. The molecule has 1 N–H and O–H groups in total. The molecule has 7 heteroatoms. The highest BCUT2D eigenvalue weighted by Gasteiger charge is 2.24. The molecule has 0 spiro atoms. The van der Waals surface area contributed by atoms with Gasteiger partial charge < -0.3 is 14.9 Å². The van der Waals surface area contributed by atoms with E-state index in [1.54, 1.807) is 18.2 Å². The van der Waals surface area contributed by atoms with Gasteiger partial charge in [-0.05, 0) is 6.07 Å². The molecular weight excluding hydrogens is 238 g/mol. The fourth-order valence-electron chi connectivity index (χ4n) is 2.02. The van der Waals surface area contributed by atoms with Crippen molar-refractivity contribution in [3.05, 3.63) is 34.4 Å². The van der Waals surface area contributed by atoms with Crippen molar-refractivity contribution in [2.24, 2.45) is 0 Å². The monoisotopic (exact) mass is 251 g/mol. The van der Waals surface area contributed by atoms with Crippen LogP contribution >= 0.6 is 0 Å². The fraction of sp³-hybridized carbons (Fsp3) is 0.364. The number of carbonyl (C=O) groups is 1. The van der Waals surface area contributed by atoms with E-state index in [-0.39, 0.29) is 5.69 Å². The Balaban J connectivity index is 2.15. The van der Waals surface area contributed by atoms with E-state index in [4.69, 9.17) is 5.11 Å². The van der Waals surface area contributed by atoms with Crippen LogP contribution in [0.1, 0.15) is 0 Å². The Kier molecular flexibility index (Phi) is 3.31. The zero-order chi connectivity index (χ0) is 13.1. The Morgan fingerprint density at radius 3 is 2.39 bits per heavy atom. The van der Waals surface area contributed by atoms with E-state index in [2.05, 4.69) is 0 Å².